The van der Waals surface area contributed by atoms with Gasteiger partial charge < -0.3 is 9.32 Å². The van der Waals surface area contributed by atoms with E-state index < -0.39 is 0 Å². The molecule has 0 bridgehead atoms. The fourth-order valence-corrected chi connectivity index (χ4v) is 3.73. The molecule has 3 heterocycles. The van der Waals surface area contributed by atoms with Crippen molar-refractivity contribution in [3.05, 3.63) is 71.7 Å². The highest BCUT2D eigenvalue weighted by Crippen LogP contribution is 2.17. The van der Waals surface area contributed by atoms with Crippen molar-refractivity contribution in [3.63, 3.8) is 0 Å². The van der Waals surface area contributed by atoms with E-state index in [0.29, 0.717) is 23.6 Å². The summed E-state index contributed by atoms with van der Waals surface area (Å²) in [5, 5.41) is 0. The van der Waals surface area contributed by atoms with Crippen molar-refractivity contribution >= 4 is 45.7 Å². The van der Waals surface area contributed by atoms with Crippen LogP contribution in [0.1, 0.15) is 5.76 Å². The summed E-state index contributed by atoms with van der Waals surface area (Å²) in [6.07, 6.45) is 3.36. The number of fused-ring (bicyclic) bond motifs is 1. The zero-order valence-electron chi connectivity index (χ0n) is 12.0. The molecule has 0 N–H and O–H groups in total. The zero-order chi connectivity index (χ0) is 15.8. The fraction of sp³-hybridized carbons (Fsp3) is 0.125. The smallest absolute Gasteiger partial charge is 0.271 e. The fourth-order valence-electron chi connectivity index (χ4n) is 2.43. The van der Waals surface area contributed by atoms with Gasteiger partial charge in [0.2, 0.25) is 0 Å². The predicted octanol–water partition coefficient (Wildman–Crippen LogP) is 1.99. The monoisotopic (exact) mass is 437 g/mol. The number of rotatable bonds is 2. The maximum atomic E-state index is 12.6. The maximum absolute atomic E-state index is 12.6. The summed E-state index contributed by atoms with van der Waals surface area (Å²) in [5.41, 5.74) is 1.04. The number of hydrogen-bond donors (Lipinski definition) is 0. The average molecular weight is 437 g/mol. The highest BCUT2D eigenvalue weighted by molar-refractivity contribution is 14.1. The number of thiazole rings is 1. The Labute approximate surface area is 149 Å². The van der Waals surface area contributed by atoms with Crippen molar-refractivity contribution in [3.8, 4) is 0 Å². The summed E-state index contributed by atoms with van der Waals surface area (Å²) in [4.78, 5) is 20.0. The van der Waals surface area contributed by atoms with E-state index in [0.717, 1.165) is 10.5 Å². The minimum atomic E-state index is -0.0274. The highest BCUT2D eigenvalue weighted by Gasteiger charge is 2.15. The van der Waals surface area contributed by atoms with E-state index in [2.05, 4.69) is 56.7 Å². The van der Waals surface area contributed by atoms with Gasteiger partial charge in [-0.2, -0.15) is 0 Å². The second-order valence-corrected chi connectivity index (χ2v) is 7.35. The number of aromatic nitrogens is 1. The van der Waals surface area contributed by atoms with Crippen molar-refractivity contribution in [1.29, 1.82) is 0 Å². The van der Waals surface area contributed by atoms with E-state index in [1.807, 2.05) is 6.07 Å². The van der Waals surface area contributed by atoms with Gasteiger partial charge in [-0.3, -0.25) is 9.36 Å². The van der Waals surface area contributed by atoms with Gasteiger partial charge in [0.05, 0.1) is 10.8 Å². The lowest BCUT2D eigenvalue weighted by Gasteiger charge is -2.25. The van der Waals surface area contributed by atoms with E-state index in [1.54, 1.807) is 23.0 Å². The molecule has 0 saturated heterocycles. The van der Waals surface area contributed by atoms with Crippen LogP contribution in [0.15, 0.2) is 56.9 Å². The third-order valence-corrected chi connectivity index (χ3v) is 5.35. The van der Waals surface area contributed by atoms with Crippen LogP contribution in [0.3, 0.4) is 0 Å². The van der Waals surface area contributed by atoms with Crippen molar-refractivity contribution in [2.75, 3.05) is 11.6 Å². The largest absolute Gasteiger partial charge is 0.465 e. The first-order valence-corrected chi connectivity index (χ1v) is 8.90. The Morgan fingerprint density at radius 2 is 2.09 bits per heavy atom. The van der Waals surface area contributed by atoms with Gasteiger partial charge in [-0.15, -0.1) is 0 Å². The standard InChI is InChI=1S/C16H12IN3O2S/c17-11-3-5-12(6-4-11)19-9-18-16-20(10-19)15(21)14(23-16)8-13-2-1-7-22-13/h1-8H,9-10H2/b14-8-. The zero-order valence-corrected chi connectivity index (χ0v) is 15.0. The van der Waals surface area contributed by atoms with E-state index >= 15 is 0 Å². The Hall–Kier alpha value is -1.87. The van der Waals surface area contributed by atoms with E-state index in [1.165, 1.54) is 14.9 Å². The summed E-state index contributed by atoms with van der Waals surface area (Å²) in [6.45, 7) is 1.07. The molecule has 0 saturated carbocycles. The third-order valence-electron chi connectivity index (χ3n) is 3.59. The van der Waals surface area contributed by atoms with Crippen LogP contribution >= 0.6 is 33.9 Å². The molecule has 116 valence electrons. The average Bonchev–Trinajstić information content (AvgIpc) is 3.17. The van der Waals surface area contributed by atoms with Gasteiger partial charge in [-0.25, -0.2) is 4.99 Å². The number of anilines is 1. The van der Waals surface area contributed by atoms with Gasteiger partial charge in [0.1, 0.15) is 19.1 Å². The molecule has 23 heavy (non-hydrogen) atoms. The van der Waals surface area contributed by atoms with Crippen LogP contribution in [0, 0.1) is 3.57 Å². The minimum Gasteiger partial charge on any atom is -0.465 e. The Morgan fingerprint density at radius 3 is 2.83 bits per heavy atom. The number of hydrogen-bond acceptors (Lipinski definition) is 5. The lowest BCUT2D eigenvalue weighted by molar-refractivity contribution is 0.556. The Bertz CT molecular complexity index is 1000. The van der Waals surface area contributed by atoms with Crippen LogP contribution in [-0.4, -0.2) is 11.2 Å². The number of benzene rings is 1. The van der Waals surface area contributed by atoms with Crippen LogP contribution in [0.25, 0.3) is 6.08 Å². The first-order chi connectivity index (χ1) is 11.2. The molecular formula is C16H12IN3O2S. The number of nitrogens with zero attached hydrogens (tertiary/aromatic N) is 3. The van der Waals surface area contributed by atoms with Gasteiger partial charge in [0, 0.05) is 15.3 Å². The molecule has 1 aromatic carbocycles. The molecule has 0 aliphatic carbocycles. The predicted molar refractivity (Wildman–Crippen MR) is 98.1 cm³/mol. The molecule has 0 amide bonds. The van der Waals surface area contributed by atoms with Crippen LogP contribution in [-0.2, 0) is 6.67 Å². The van der Waals surface area contributed by atoms with Crippen LogP contribution in [0.4, 0.5) is 5.69 Å². The molecule has 0 unspecified atom stereocenters. The molecule has 1 aliphatic rings. The van der Waals surface area contributed by atoms with Crippen molar-refractivity contribution in [2.45, 2.75) is 6.67 Å². The molecule has 5 nitrogen and oxygen atoms in total. The summed E-state index contributed by atoms with van der Waals surface area (Å²) >= 11 is 3.68. The van der Waals surface area contributed by atoms with Gasteiger partial charge >= 0.3 is 0 Å². The summed E-state index contributed by atoms with van der Waals surface area (Å²) in [7, 11) is 0. The summed E-state index contributed by atoms with van der Waals surface area (Å²) in [5.74, 6) is 0.677. The van der Waals surface area contributed by atoms with Crippen molar-refractivity contribution < 1.29 is 4.42 Å². The van der Waals surface area contributed by atoms with Gasteiger partial charge in [-0.05, 0) is 59.0 Å². The van der Waals surface area contributed by atoms with Gasteiger partial charge in [0.15, 0.2) is 4.80 Å². The number of halogens is 1. The lowest BCUT2D eigenvalue weighted by atomic mass is 10.3. The Balaban J connectivity index is 1.72. The van der Waals surface area contributed by atoms with E-state index in [-0.39, 0.29) is 5.56 Å². The van der Waals surface area contributed by atoms with Crippen LogP contribution in [0.5, 0.6) is 0 Å². The van der Waals surface area contributed by atoms with Gasteiger partial charge in [0.25, 0.3) is 5.56 Å². The molecule has 0 spiro atoms. The molecule has 3 aromatic rings. The quantitative estimate of drug-likeness (QED) is 0.577. The van der Waals surface area contributed by atoms with Gasteiger partial charge in [-0.1, -0.05) is 11.3 Å². The first kappa shape index (κ1) is 14.7. The SMILES string of the molecule is O=c1/c(=C/c2ccco2)sc2n1CN(c1ccc(I)cc1)CN=2. The second kappa shape index (κ2) is 5.97. The van der Waals surface area contributed by atoms with Crippen molar-refractivity contribution in [1.82, 2.24) is 4.57 Å². The second-order valence-electron chi connectivity index (χ2n) is 5.10. The molecular weight excluding hydrogens is 425 g/mol. The molecule has 7 heteroatoms. The topological polar surface area (TPSA) is 50.7 Å². The molecule has 4 rings (SSSR count). The maximum Gasteiger partial charge on any atom is 0.271 e. The molecule has 0 fully saturated rings. The first-order valence-electron chi connectivity index (χ1n) is 7.00. The Kier molecular flexibility index (Phi) is 3.82. The van der Waals surface area contributed by atoms with Crippen LogP contribution < -0.4 is 19.8 Å². The summed E-state index contributed by atoms with van der Waals surface area (Å²) < 4.78 is 8.82. The van der Waals surface area contributed by atoms with E-state index in [4.69, 9.17) is 4.42 Å². The number of furan rings is 1. The van der Waals surface area contributed by atoms with Crippen molar-refractivity contribution in [2.24, 2.45) is 4.99 Å². The van der Waals surface area contributed by atoms with E-state index in [9.17, 15) is 4.79 Å². The normalized spacial score (nSPS) is 14.7. The lowest BCUT2D eigenvalue weighted by Crippen LogP contribution is -2.42. The molecule has 0 radical (unpaired) electrons. The molecule has 2 aromatic heterocycles. The van der Waals surface area contributed by atoms with Crippen LogP contribution in [0.2, 0.25) is 0 Å². The minimum absolute atomic E-state index is 0.0274. The Morgan fingerprint density at radius 1 is 1.26 bits per heavy atom. The highest BCUT2D eigenvalue weighted by atomic mass is 127. The molecule has 1 aliphatic heterocycles. The third kappa shape index (κ3) is 2.86. The summed E-state index contributed by atoms with van der Waals surface area (Å²) in [6, 6.07) is 11.8. The molecule has 0 atom stereocenters.